The number of nitrogens with one attached hydrogen (secondary N) is 2. The van der Waals surface area contributed by atoms with Gasteiger partial charge in [-0.1, -0.05) is 41.9 Å². The molecule has 0 unspecified atom stereocenters. The summed E-state index contributed by atoms with van der Waals surface area (Å²) in [6.07, 6.45) is -4.62. The number of aromatic hydroxyl groups is 1. The van der Waals surface area contributed by atoms with Gasteiger partial charge in [-0.2, -0.15) is 13.2 Å². The average Bonchev–Trinajstić information content (AvgIpc) is 2.81. The van der Waals surface area contributed by atoms with Crippen LogP contribution in [-0.4, -0.2) is 37.2 Å². The summed E-state index contributed by atoms with van der Waals surface area (Å²) in [5.74, 6) is -0.181. The number of amides is 1. The van der Waals surface area contributed by atoms with Crippen molar-refractivity contribution in [3.63, 3.8) is 0 Å². The third-order valence-corrected chi connectivity index (χ3v) is 6.29. The number of anilines is 2. The molecule has 5 nitrogen and oxygen atoms in total. The van der Waals surface area contributed by atoms with Gasteiger partial charge in [-0.25, -0.2) is 0 Å². The first kappa shape index (κ1) is 23.9. The highest BCUT2D eigenvalue weighted by atomic mass is 35.5. The molecule has 1 atom stereocenters. The molecule has 1 amide bonds. The van der Waals surface area contributed by atoms with E-state index in [9.17, 15) is 23.1 Å². The normalized spacial score (nSPS) is 15.7. The Morgan fingerprint density at radius 3 is 2.26 bits per heavy atom. The number of piperazine rings is 1. The topological polar surface area (TPSA) is 57.0 Å². The molecule has 1 fully saturated rings. The predicted molar refractivity (Wildman–Crippen MR) is 125 cm³/mol. The maximum absolute atomic E-state index is 13.4. The molecule has 1 heterocycles. The van der Waals surface area contributed by atoms with E-state index in [4.69, 9.17) is 11.6 Å². The quantitative estimate of drug-likeness (QED) is 0.503. The summed E-state index contributed by atoms with van der Waals surface area (Å²) in [5.41, 5.74) is 0.833. The lowest BCUT2D eigenvalue weighted by atomic mass is 10.0. The molecule has 0 aliphatic carbocycles. The highest BCUT2D eigenvalue weighted by Gasteiger charge is 2.36. The third kappa shape index (κ3) is 5.46. The number of nitrogens with zero attached hydrogens (tertiary/aromatic N) is 1. The van der Waals surface area contributed by atoms with Crippen molar-refractivity contribution in [1.82, 2.24) is 0 Å². The van der Waals surface area contributed by atoms with Crippen LogP contribution in [0.4, 0.5) is 24.5 Å². The van der Waals surface area contributed by atoms with Gasteiger partial charge in [0.2, 0.25) is 0 Å². The predicted octanol–water partition coefficient (Wildman–Crippen LogP) is 4.15. The third-order valence-electron chi connectivity index (χ3n) is 5.96. The first-order valence-electron chi connectivity index (χ1n) is 10.8. The van der Waals surface area contributed by atoms with Crippen molar-refractivity contribution in [2.75, 3.05) is 36.4 Å². The Kier molecular flexibility index (Phi) is 7.00. The lowest BCUT2D eigenvalue weighted by Crippen LogP contribution is -3.16. The lowest BCUT2D eigenvalue weighted by molar-refractivity contribution is -0.922. The van der Waals surface area contributed by atoms with Crippen molar-refractivity contribution in [1.29, 1.82) is 0 Å². The zero-order valence-corrected chi connectivity index (χ0v) is 18.9. The van der Waals surface area contributed by atoms with Gasteiger partial charge < -0.3 is 20.2 Å². The van der Waals surface area contributed by atoms with E-state index in [1.807, 2.05) is 42.5 Å². The van der Waals surface area contributed by atoms with Gasteiger partial charge in [0.1, 0.15) is 5.75 Å². The fourth-order valence-electron chi connectivity index (χ4n) is 4.26. The van der Waals surface area contributed by atoms with Gasteiger partial charge in [0.25, 0.3) is 5.91 Å². The number of hydrogen-bond acceptors (Lipinski definition) is 3. The number of carbonyl (C=O) groups excluding carboxylic acids is 1. The minimum Gasteiger partial charge on any atom is -0.508 e. The zero-order chi connectivity index (χ0) is 24.3. The number of benzene rings is 3. The van der Waals surface area contributed by atoms with Gasteiger partial charge in [-0.3, -0.25) is 4.79 Å². The molecule has 34 heavy (non-hydrogen) atoms. The van der Waals surface area contributed by atoms with E-state index >= 15 is 0 Å². The first-order chi connectivity index (χ1) is 16.2. The van der Waals surface area contributed by atoms with Crippen LogP contribution in [0.15, 0.2) is 72.8 Å². The van der Waals surface area contributed by atoms with Crippen molar-refractivity contribution in [3.05, 3.63) is 88.9 Å². The van der Waals surface area contributed by atoms with Gasteiger partial charge in [0.15, 0.2) is 6.04 Å². The molecule has 9 heteroatoms. The summed E-state index contributed by atoms with van der Waals surface area (Å²) in [7, 11) is 0. The average molecular weight is 491 g/mol. The van der Waals surface area contributed by atoms with Crippen molar-refractivity contribution >= 4 is 28.9 Å². The van der Waals surface area contributed by atoms with Crippen LogP contribution in [0.2, 0.25) is 5.02 Å². The Hall–Kier alpha value is -3.23. The number of alkyl halides is 3. The number of phenols is 1. The molecule has 3 aromatic rings. The van der Waals surface area contributed by atoms with E-state index in [-0.39, 0.29) is 17.3 Å². The smallest absolute Gasteiger partial charge is 0.417 e. The molecule has 4 rings (SSSR count). The molecule has 0 spiro atoms. The Morgan fingerprint density at radius 1 is 1.00 bits per heavy atom. The molecular formula is C25H24ClF3N3O2+. The van der Waals surface area contributed by atoms with Gasteiger partial charge >= 0.3 is 6.18 Å². The van der Waals surface area contributed by atoms with Gasteiger partial charge in [0, 0.05) is 16.9 Å². The fourth-order valence-corrected chi connectivity index (χ4v) is 4.48. The summed E-state index contributed by atoms with van der Waals surface area (Å²) in [6, 6.07) is 19.0. The number of phenolic OH excluding ortho intramolecular Hbond substituents is 1. The second-order valence-electron chi connectivity index (χ2n) is 8.19. The highest BCUT2D eigenvalue weighted by molar-refractivity contribution is 6.31. The second-order valence-corrected chi connectivity index (χ2v) is 8.59. The lowest BCUT2D eigenvalue weighted by Gasteiger charge is -2.37. The molecule has 0 saturated carbocycles. The van der Waals surface area contributed by atoms with Crippen molar-refractivity contribution < 1.29 is 28.0 Å². The molecule has 178 valence electrons. The van der Waals surface area contributed by atoms with E-state index in [0.717, 1.165) is 28.3 Å². The maximum Gasteiger partial charge on any atom is 0.417 e. The van der Waals surface area contributed by atoms with E-state index in [0.29, 0.717) is 26.2 Å². The van der Waals surface area contributed by atoms with Crippen LogP contribution in [0.1, 0.15) is 17.2 Å². The van der Waals surface area contributed by atoms with E-state index in [2.05, 4.69) is 10.2 Å². The number of carbonyl (C=O) groups is 1. The molecular weight excluding hydrogens is 467 g/mol. The molecule has 1 aliphatic heterocycles. The van der Waals surface area contributed by atoms with E-state index in [1.54, 1.807) is 12.1 Å². The SMILES string of the molecule is O=C(Nc1ccc(Cl)c(C(F)(F)F)c1)[C@@H](c1ccccc1)[NH+]1CCN(c2ccc(O)cc2)CC1. The molecule has 1 saturated heterocycles. The minimum absolute atomic E-state index is 0.0461. The Morgan fingerprint density at radius 2 is 1.65 bits per heavy atom. The molecule has 0 aromatic heterocycles. The van der Waals surface area contributed by atoms with Crippen LogP contribution in [-0.2, 0) is 11.0 Å². The largest absolute Gasteiger partial charge is 0.508 e. The second kappa shape index (κ2) is 9.95. The van der Waals surface area contributed by atoms with Crippen LogP contribution < -0.4 is 15.1 Å². The monoisotopic (exact) mass is 490 g/mol. The van der Waals surface area contributed by atoms with Gasteiger partial charge in [-0.15, -0.1) is 0 Å². The number of halogens is 4. The Labute approximate surface area is 200 Å². The standard InChI is InChI=1S/C25H23ClF3N3O2/c26-22-11-6-18(16-21(22)25(27,28)29)30-24(34)23(17-4-2-1-3-5-17)32-14-12-31(13-15-32)19-7-9-20(33)10-8-19/h1-11,16,23,33H,12-15H2,(H,30,34)/p+1/t23-/m1/s1. The number of quaternary nitrogens is 1. The minimum atomic E-state index is -4.62. The molecule has 0 radical (unpaired) electrons. The summed E-state index contributed by atoms with van der Waals surface area (Å²) in [6.45, 7) is 2.69. The molecule has 3 aromatic carbocycles. The van der Waals surface area contributed by atoms with Crippen LogP contribution in [0, 0.1) is 0 Å². The maximum atomic E-state index is 13.4. The molecule has 1 aliphatic rings. The van der Waals surface area contributed by atoms with Crippen molar-refractivity contribution in [2.24, 2.45) is 0 Å². The first-order valence-corrected chi connectivity index (χ1v) is 11.2. The van der Waals surface area contributed by atoms with Crippen molar-refractivity contribution in [3.8, 4) is 5.75 Å². The van der Waals surface area contributed by atoms with E-state index in [1.165, 1.54) is 6.07 Å². The van der Waals surface area contributed by atoms with Gasteiger partial charge in [-0.05, 0) is 42.5 Å². The fraction of sp³-hybridized carbons (Fsp3) is 0.240. The number of rotatable bonds is 5. The van der Waals surface area contributed by atoms with Crippen LogP contribution in [0.5, 0.6) is 5.75 Å². The van der Waals surface area contributed by atoms with Crippen LogP contribution in [0.3, 0.4) is 0 Å². The molecule has 0 bridgehead atoms. The van der Waals surface area contributed by atoms with Crippen LogP contribution >= 0.6 is 11.6 Å². The van der Waals surface area contributed by atoms with Crippen molar-refractivity contribution in [2.45, 2.75) is 12.2 Å². The van der Waals surface area contributed by atoms with E-state index < -0.39 is 22.8 Å². The van der Waals surface area contributed by atoms with Gasteiger partial charge in [0.05, 0.1) is 36.8 Å². The summed E-state index contributed by atoms with van der Waals surface area (Å²) in [5, 5.41) is 11.8. The molecule has 3 N–H and O–H groups in total. The highest BCUT2D eigenvalue weighted by Crippen LogP contribution is 2.36. The Bertz CT molecular complexity index is 1130. The summed E-state index contributed by atoms with van der Waals surface area (Å²) in [4.78, 5) is 16.6. The zero-order valence-electron chi connectivity index (χ0n) is 18.1. The van der Waals surface area contributed by atoms with Crippen LogP contribution in [0.25, 0.3) is 0 Å². The Balaban J connectivity index is 1.53. The summed E-state index contributed by atoms with van der Waals surface area (Å²) < 4.78 is 39.8. The number of hydrogen-bond donors (Lipinski definition) is 3. The summed E-state index contributed by atoms with van der Waals surface area (Å²) >= 11 is 5.72.